The Balaban J connectivity index is 2.34. The molecular formula is C15H28N2OS. The van der Waals surface area contributed by atoms with E-state index in [0.717, 1.165) is 31.5 Å². The van der Waals surface area contributed by atoms with Crippen LogP contribution < -0.4 is 5.32 Å². The zero-order valence-corrected chi connectivity index (χ0v) is 13.6. The number of hydrogen-bond acceptors (Lipinski definition) is 4. The lowest BCUT2D eigenvalue weighted by Crippen LogP contribution is -2.27. The zero-order valence-electron chi connectivity index (χ0n) is 12.7. The predicted octanol–water partition coefficient (Wildman–Crippen LogP) is 3.28. The van der Waals surface area contributed by atoms with Gasteiger partial charge in [0, 0.05) is 18.5 Å². The highest BCUT2D eigenvalue weighted by molar-refractivity contribution is 7.09. The monoisotopic (exact) mass is 284 g/mol. The Morgan fingerprint density at radius 2 is 2.21 bits per heavy atom. The third-order valence-corrected chi connectivity index (χ3v) is 4.34. The van der Waals surface area contributed by atoms with Crippen LogP contribution in [-0.4, -0.2) is 31.8 Å². The number of nitrogens with one attached hydrogen (secondary N) is 1. The van der Waals surface area contributed by atoms with E-state index in [1.807, 2.05) is 5.51 Å². The van der Waals surface area contributed by atoms with E-state index in [-0.39, 0.29) is 0 Å². The summed E-state index contributed by atoms with van der Waals surface area (Å²) in [6.07, 6.45) is 3.71. The van der Waals surface area contributed by atoms with Gasteiger partial charge in [0.25, 0.3) is 0 Å². The minimum absolute atomic E-state index is 0.748. The number of ether oxygens (including phenoxy) is 1. The quantitative estimate of drug-likeness (QED) is 0.670. The summed E-state index contributed by atoms with van der Waals surface area (Å²) in [4.78, 5) is 5.78. The van der Waals surface area contributed by atoms with Crippen molar-refractivity contribution in [1.29, 1.82) is 0 Å². The summed E-state index contributed by atoms with van der Waals surface area (Å²) < 4.78 is 5.07. The molecule has 19 heavy (non-hydrogen) atoms. The van der Waals surface area contributed by atoms with Crippen molar-refractivity contribution in [3.8, 4) is 0 Å². The molecule has 0 spiro atoms. The van der Waals surface area contributed by atoms with Crippen molar-refractivity contribution in [3.63, 3.8) is 0 Å². The van der Waals surface area contributed by atoms with Gasteiger partial charge in [0.2, 0.25) is 0 Å². The second kappa shape index (κ2) is 9.45. The second-order valence-corrected chi connectivity index (χ2v) is 6.53. The van der Waals surface area contributed by atoms with Crippen LogP contribution in [0.4, 0.5) is 0 Å². The SMILES string of the molecule is COCCNCC(CCc1scnc1C)CC(C)C. The molecule has 0 aliphatic rings. The van der Waals surface area contributed by atoms with Crippen LogP contribution in [0.15, 0.2) is 5.51 Å². The summed E-state index contributed by atoms with van der Waals surface area (Å²) in [6, 6.07) is 0. The standard InChI is InChI=1S/C15H28N2OS/c1-12(2)9-14(10-16-7-8-18-4)5-6-15-13(3)17-11-19-15/h11-12,14,16H,5-10H2,1-4H3. The Hall–Kier alpha value is -0.450. The van der Waals surface area contributed by atoms with Gasteiger partial charge < -0.3 is 10.1 Å². The van der Waals surface area contributed by atoms with Gasteiger partial charge in [-0.3, -0.25) is 0 Å². The molecule has 1 aromatic heterocycles. The Kier molecular flexibility index (Phi) is 8.26. The molecule has 0 aliphatic heterocycles. The Morgan fingerprint density at radius 3 is 2.79 bits per heavy atom. The first-order chi connectivity index (χ1) is 9.13. The Bertz CT molecular complexity index is 339. The van der Waals surface area contributed by atoms with E-state index in [4.69, 9.17) is 4.74 Å². The van der Waals surface area contributed by atoms with Crippen molar-refractivity contribution in [2.45, 2.75) is 40.0 Å². The Labute approximate surface area is 121 Å². The van der Waals surface area contributed by atoms with E-state index >= 15 is 0 Å². The van der Waals surface area contributed by atoms with Crippen LogP contribution in [0.1, 0.15) is 37.3 Å². The van der Waals surface area contributed by atoms with Crippen molar-refractivity contribution in [2.24, 2.45) is 11.8 Å². The van der Waals surface area contributed by atoms with E-state index in [2.05, 4.69) is 31.1 Å². The molecule has 1 unspecified atom stereocenters. The fraction of sp³-hybridized carbons (Fsp3) is 0.800. The molecule has 0 fully saturated rings. The number of nitrogens with zero attached hydrogens (tertiary/aromatic N) is 1. The maximum absolute atomic E-state index is 5.07. The lowest BCUT2D eigenvalue weighted by molar-refractivity contribution is 0.196. The first-order valence-corrected chi connectivity index (χ1v) is 8.10. The summed E-state index contributed by atoms with van der Waals surface area (Å²) in [5.74, 6) is 1.51. The van der Waals surface area contributed by atoms with Crippen LogP contribution in [0.2, 0.25) is 0 Å². The highest BCUT2D eigenvalue weighted by Gasteiger charge is 2.12. The summed E-state index contributed by atoms with van der Waals surface area (Å²) in [5, 5.41) is 3.50. The van der Waals surface area contributed by atoms with E-state index < -0.39 is 0 Å². The van der Waals surface area contributed by atoms with Gasteiger partial charge in [0.15, 0.2) is 0 Å². The van der Waals surface area contributed by atoms with Gasteiger partial charge in [-0.25, -0.2) is 4.98 Å². The van der Waals surface area contributed by atoms with Crippen molar-refractivity contribution < 1.29 is 4.74 Å². The number of aryl methyl sites for hydroxylation is 2. The maximum Gasteiger partial charge on any atom is 0.0797 e. The number of hydrogen-bond donors (Lipinski definition) is 1. The first-order valence-electron chi connectivity index (χ1n) is 7.22. The minimum Gasteiger partial charge on any atom is -0.383 e. The van der Waals surface area contributed by atoms with Crippen LogP contribution in [0.3, 0.4) is 0 Å². The van der Waals surface area contributed by atoms with Gasteiger partial charge in [-0.2, -0.15) is 0 Å². The predicted molar refractivity (Wildman–Crippen MR) is 82.9 cm³/mol. The van der Waals surface area contributed by atoms with Crippen molar-refractivity contribution in [3.05, 3.63) is 16.1 Å². The molecule has 0 saturated carbocycles. The highest BCUT2D eigenvalue weighted by Crippen LogP contribution is 2.21. The fourth-order valence-corrected chi connectivity index (χ4v) is 3.15. The topological polar surface area (TPSA) is 34.1 Å². The van der Waals surface area contributed by atoms with Gasteiger partial charge in [0.1, 0.15) is 0 Å². The second-order valence-electron chi connectivity index (χ2n) is 5.59. The van der Waals surface area contributed by atoms with E-state index in [9.17, 15) is 0 Å². The molecule has 1 rings (SSSR count). The van der Waals surface area contributed by atoms with E-state index in [1.165, 1.54) is 29.8 Å². The smallest absolute Gasteiger partial charge is 0.0797 e. The average Bonchev–Trinajstić information content (AvgIpc) is 2.76. The van der Waals surface area contributed by atoms with Crippen molar-refractivity contribution in [1.82, 2.24) is 10.3 Å². The molecule has 110 valence electrons. The number of thiazole rings is 1. The lowest BCUT2D eigenvalue weighted by Gasteiger charge is -2.19. The van der Waals surface area contributed by atoms with Crippen LogP contribution in [0.25, 0.3) is 0 Å². The van der Waals surface area contributed by atoms with Crippen LogP contribution in [0.5, 0.6) is 0 Å². The molecule has 0 amide bonds. The molecule has 1 heterocycles. The van der Waals surface area contributed by atoms with Gasteiger partial charge >= 0.3 is 0 Å². The third-order valence-electron chi connectivity index (χ3n) is 3.35. The molecule has 3 nitrogen and oxygen atoms in total. The number of aromatic nitrogens is 1. The molecule has 1 aromatic rings. The van der Waals surface area contributed by atoms with Crippen LogP contribution in [-0.2, 0) is 11.2 Å². The van der Waals surface area contributed by atoms with E-state index in [1.54, 1.807) is 18.4 Å². The lowest BCUT2D eigenvalue weighted by atomic mass is 9.92. The highest BCUT2D eigenvalue weighted by atomic mass is 32.1. The van der Waals surface area contributed by atoms with E-state index in [0.29, 0.717) is 0 Å². The van der Waals surface area contributed by atoms with Gasteiger partial charge in [-0.15, -0.1) is 11.3 Å². The van der Waals surface area contributed by atoms with Crippen molar-refractivity contribution in [2.75, 3.05) is 26.8 Å². The molecule has 0 bridgehead atoms. The summed E-state index contributed by atoms with van der Waals surface area (Å²) in [6.45, 7) is 9.56. The van der Waals surface area contributed by atoms with Crippen LogP contribution in [0, 0.1) is 18.8 Å². The molecular weight excluding hydrogens is 256 g/mol. The van der Waals surface area contributed by atoms with Gasteiger partial charge in [0.05, 0.1) is 17.8 Å². The molecule has 0 aromatic carbocycles. The summed E-state index contributed by atoms with van der Waals surface area (Å²) in [7, 11) is 1.75. The Morgan fingerprint density at radius 1 is 1.42 bits per heavy atom. The van der Waals surface area contributed by atoms with Gasteiger partial charge in [-0.05, 0) is 44.6 Å². The normalized spacial score (nSPS) is 13.1. The third kappa shape index (κ3) is 7.04. The largest absolute Gasteiger partial charge is 0.383 e. The van der Waals surface area contributed by atoms with Gasteiger partial charge in [-0.1, -0.05) is 13.8 Å². The molecule has 0 saturated heterocycles. The molecule has 0 aliphatic carbocycles. The molecule has 1 atom stereocenters. The molecule has 1 N–H and O–H groups in total. The summed E-state index contributed by atoms with van der Waals surface area (Å²) in [5.41, 5.74) is 3.17. The first kappa shape index (κ1) is 16.6. The zero-order chi connectivity index (χ0) is 14.1. The summed E-state index contributed by atoms with van der Waals surface area (Å²) >= 11 is 1.79. The molecule has 0 radical (unpaired) electrons. The maximum atomic E-state index is 5.07. The fourth-order valence-electron chi connectivity index (χ4n) is 2.35. The van der Waals surface area contributed by atoms with Crippen molar-refractivity contribution >= 4 is 11.3 Å². The number of methoxy groups -OCH3 is 1. The minimum atomic E-state index is 0.748. The van der Waals surface area contributed by atoms with Crippen LogP contribution >= 0.6 is 11.3 Å². The average molecular weight is 284 g/mol. The number of rotatable bonds is 10. The molecule has 4 heteroatoms.